The predicted molar refractivity (Wildman–Crippen MR) is 59.6 cm³/mol. The maximum atomic E-state index is 11.4. The number of ether oxygens (including phenoxy) is 1. The van der Waals surface area contributed by atoms with Crippen LogP contribution < -0.4 is 5.32 Å². The Labute approximate surface area is 95.0 Å². The molecule has 0 bridgehead atoms. The van der Waals surface area contributed by atoms with Crippen LogP contribution in [0.15, 0.2) is 10.5 Å². The first-order valence-electron chi connectivity index (χ1n) is 5.61. The van der Waals surface area contributed by atoms with Crippen molar-refractivity contribution in [1.82, 2.24) is 5.32 Å². The van der Waals surface area contributed by atoms with Crippen molar-refractivity contribution in [3.63, 3.8) is 0 Å². The van der Waals surface area contributed by atoms with Crippen LogP contribution in [0.25, 0.3) is 0 Å². The number of aryl methyl sites for hydroxylation is 1. The molecule has 2 rings (SSSR count). The van der Waals surface area contributed by atoms with Gasteiger partial charge in [0.05, 0.1) is 7.11 Å². The van der Waals surface area contributed by atoms with E-state index in [1.807, 2.05) is 6.07 Å². The molecule has 1 aliphatic rings. The summed E-state index contributed by atoms with van der Waals surface area (Å²) >= 11 is 0. The third-order valence-electron chi connectivity index (χ3n) is 3.04. The summed E-state index contributed by atoms with van der Waals surface area (Å²) in [5, 5.41) is 3.33. The predicted octanol–water partition coefficient (Wildman–Crippen LogP) is 1.84. The van der Waals surface area contributed by atoms with E-state index in [9.17, 15) is 4.79 Å². The highest BCUT2D eigenvalue weighted by atomic mass is 16.5. The molecule has 1 atom stereocenters. The van der Waals surface area contributed by atoms with E-state index in [1.165, 1.54) is 7.11 Å². The number of carbonyl (C=O) groups excluding carboxylic acids is 1. The number of rotatable bonds is 2. The Hall–Kier alpha value is -1.29. The van der Waals surface area contributed by atoms with Gasteiger partial charge in [-0.3, -0.25) is 0 Å². The quantitative estimate of drug-likeness (QED) is 0.777. The van der Waals surface area contributed by atoms with E-state index in [0.29, 0.717) is 17.2 Å². The molecule has 0 aromatic carbocycles. The fourth-order valence-corrected chi connectivity index (χ4v) is 2.11. The molecule has 0 saturated carbocycles. The van der Waals surface area contributed by atoms with Crippen molar-refractivity contribution in [3.8, 4) is 0 Å². The van der Waals surface area contributed by atoms with Crippen molar-refractivity contribution in [2.45, 2.75) is 25.7 Å². The number of esters is 1. The SMILES string of the molecule is COC(=O)c1cc(C2CCCNC2)oc1C. The molecule has 0 aliphatic carbocycles. The summed E-state index contributed by atoms with van der Waals surface area (Å²) in [6, 6.07) is 1.82. The molecule has 1 aromatic rings. The maximum Gasteiger partial charge on any atom is 0.341 e. The summed E-state index contributed by atoms with van der Waals surface area (Å²) in [5.41, 5.74) is 0.545. The summed E-state index contributed by atoms with van der Waals surface area (Å²) in [5.74, 6) is 1.60. The Morgan fingerprint density at radius 1 is 1.62 bits per heavy atom. The summed E-state index contributed by atoms with van der Waals surface area (Å²) in [4.78, 5) is 11.4. The van der Waals surface area contributed by atoms with Gasteiger partial charge in [0.2, 0.25) is 0 Å². The highest BCUT2D eigenvalue weighted by Crippen LogP contribution is 2.27. The molecule has 1 aliphatic heterocycles. The highest BCUT2D eigenvalue weighted by Gasteiger charge is 2.22. The normalized spacial score (nSPS) is 20.8. The Kier molecular flexibility index (Phi) is 3.29. The standard InChI is InChI=1S/C12H17NO3/c1-8-10(12(14)15-2)6-11(16-8)9-4-3-5-13-7-9/h6,9,13H,3-5,7H2,1-2H3. The minimum absolute atomic E-state index is 0.323. The molecular formula is C12H17NO3. The summed E-state index contributed by atoms with van der Waals surface area (Å²) in [6.45, 7) is 3.79. The van der Waals surface area contributed by atoms with Gasteiger partial charge in [0.15, 0.2) is 0 Å². The molecule has 1 unspecified atom stereocenters. The fourth-order valence-electron chi connectivity index (χ4n) is 2.11. The number of nitrogens with one attached hydrogen (secondary N) is 1. The van der Waals surface area contributed by atoms with E-state index in [4.69, 9.17) is 9.15 Å². The minimum Gasteiger partial charge on any atom is -0.465 e. The molecule has 16 heavy (non-hydrogen) atoms. The molecule has 1 aromatic heterocycles. The van der Waals surface area contributed by atoms with E-state index in [-0.39, 0.29) is 5.97 Å². The van der Waals surface area contributed by atoms with Crippen LogP contribution in [0.2, 0.25) is 0 Å². The van der Waals surface area contributed by atoms with E-state index >= 15 is 0 Å². The van der Waals surface area contributed by atoms with Crippen LogP contribution in [-0.4, -0.2) is 26.2 Å². The van der Waals surface area contributed by atoms with E-state index in [2.05, 4.69) is 5.32 Å². The van der Waals surface area contributed by atoms with Crippen LogP contribution in [-0.2, 0) is 4.74 Å². The van der Waals surface area contributed by atoms with Crippen molar-refractivity contribution in [1.29, 1.82) is 0 Å². The molecule has 1 N–H and O–H groups in total. The second-order valence-corrected chi connectivity index (χ2v) is 4.15. The van der Waals surface area contributed by atoms with E-state index in [0.717, 1.165) is 31.7 Å². The molecule has 1 saturated heterocycles. The van der Waals surface area contributed by atoms with Gasteiger partial charge in [-0.1, -0.05) is 0 Å². The number of hydrogen-bond donors (Lipinski definition) is 1. The monoisotopic (exact) mass is 223 g/mol. The zero-order valence-electron chi connectivity index (χ0n) is 9.71. The number of piperidine rings is 1. The van der Waals surface area contributed by atoms with Gasteiger partial charge in [-0.05, 0) is 32.4 Å². The molecule has 4 heteroatoms. The van der Waals surface area contributed by atoms with Gasteiger partial charge in [0.25, 0.3) is 0 Å². The lowest BCUT2D eigenvalue weighted by molar-refractivity contribution is 0.0599. The second kappa shape index (κ2) is 4.70. The van der Waals surface area contributed by atoms with E-state index < -0.39 is 0 Å². The van der Waals surface area contributed by atoms with Gasteiger partial charge < -0.3 is 14.5 Å². The molecule has 0 amide bonds. The summed E-state index contributed by atoms with van der Waals surface area (Å²) in [6.07, 6.45) is 2.26. The number of carbonyl (C=O) groups is 1. The number of furan rings is 1. The maximum absolute atomic E-state index is 11.4. The van der Waals surface area contributed by atoms with Gasteiger partial charge in [-0.2, -0.15) is 0 Å². The first-order chi connectivity index (χ1) is 7.72. The van der Waals surface area contributed by atoms with Crippen LogP contribution in [0.4, 0.5) is 0 Å². The third-order valence-corrected chi connectivity index (χ3v) is 3.04. The Morgan fingerprint density at radius 2 is 2.44 bits per heavy atom. The fraction of sp³-hybridized carbons (Fsp3) is 0.583. The lowest BCUT2D eigenvalue weighted by Crippen LogP contribution is -2.28. The number of hydrogen-bond acceptors (Lipinski definition) is 4. The molecule has 88 valence electrons. The third kappa shape index (κ3) is 2.11. The second-order valence-electron chi connectivity index (χ2n) is 4.15. The summed E-state index contributed by atoms with van der Waals surface area (Å²) < 4.78 is 10.3. The average Bonchev–Trinajstić information content (AvgIpc) is 2.71. The minimum atomic E-state index is -0.323. The van der Waals surface area contributed by atoms with Crippen molar-refractivity contribution in [3.05, 3.63) is 23.2 Å². The zero-order chi connectivity index (χ0) is 11.5. The van der Waals surface area contributed by atoms with Crippen molar-refractivity contribution in [2.75, 3.05) is 20.2 Å². The lowest BCUT2D eigenvalue weighted by Gasteiger charge is -2.20. The Balaban J connectivity index is 2.19. The van der Waals surface area contributed by atoms with Crippen molar-refractivity contribution >= 4 is 5.97 Å². The Bertz CT molecular complexity index is 378. The van der Waals surface area contributed by atoms with Crippen LogP contribution in [0.1, 0.15) is 40.6 Å². The first-order valence-corrected chi connectivity index (χ1v) is 5.61. The Morgan fingerprint density at radius 3 is 3.06 bits per heavy atom. The van der Waals surface area contributed by atoms with Crippen LogP contribution in [0.3, 0.4) is 0 Å². The van der Waals surface area contributed by atoms with Gasteiger partial charge >= 0.3 is 5.97 Å². The lowest BCUT2D eigenvalue weighted by atomic mass is 9.97. The summed E-state index contributed by atoms with van der Waals surface area (Å²) in [7, 11) is 1.39. The van der Waals surface area contributed by atoms with Crippen molar-refractivity contribution in [2.24, 2.45) is 0 Å². The molecule has 4 nitrogen and oxygen atoms in total. The van der Waals surface area contributed by atoms with Crippen LogP contribution in [0.5, 0.6) is 0 Å². The smallest absolute Gasteiger partial charge is 0.341 e. The molecule has 2 heterocycles. The van der Waals surface area contributed by atoms with Crippen LogP contribution >= 0.6 is 0 Å². The largest absolute Gasteiger partial charge is 0.465 e. The molecule has 1 fully saturated rings. The molecular weight excluding hydrogens is 206 g/mol. The zero-order valence-corrected chi connectivity index (χ0v) is 9.71. The van der Waals surface area contributed by atoms with Crippen LogP contribution in [0, 0.1) is 6.92 Å². The highest BCUT2D eigenvalue weighted by molar-refractivity contribution is 5.90. The van der Waals surface area contributed by atoms with Crippen molar-refractivity contribution < 1.29 is 13.9 Å². The van der Waals surface area contributed by atoms with Gasteiger partial charge in [-0.15, -0.1) is 0 Å². The number of methoxy groups -OCH3 is 1. The molecule has 0 radical (unpaired) electrons. The average molecular weight is 223 g/mol. The molecule has 0 spiro atoms. The first kappa shape index (κ1) is 11.2. The topological polar surface area (TPSA) is 51.5 Å². The van der Waals surface area contributed by atoms with E-state index in [1.54, 1.807) is 6.92 Å². The van der Waals surface area contributed by atoms with Gasteiger partial charge in [-0.25, -0.2) is 4.79 Å². The van der Waals surface area contributed by atoms with Gasteiger partial charge in [0, 0.05) is 12.5 Å². The van der Waals surface area contributed by atoms with Gasteiger partial charge in [0.1, 0.15) is 17.1 Å².